The predicted molar refractivity (Wildman–Crippen MR) is 594 cm³/mol. The van der Waals surface area contributed by atoms with E-state index in [1.54, 1.807) is 313 Å². The van der Waals surface area contributed by atoms with Gasteiger partial charge in [-0.1, -0.05) is 237 Å². The topological polar surface area (TPSA) is 89.3 Å². The minimum atomic E-state index is -0.470. The van der Waals surface area contributed by atoms with Crippen molar-refractivity contribution in [3.63, 3.8) is 0 Å². The van der Waals surface area contributed by atoms with Crippen molar-refractivity contribution in [3.05, 3.63) is 130 Å². The summed E-state index contributed by atoms with van der Waals surface area (Å²) in [6.45, 7) is 13.9. The molecule has 1 aromatic heterocycles. The second kappa shape index (κ2) is 26.4. The van der Waals surface area contributed by atoms with E-state index in [9.17, 15) is 0 Å². The van der Waals surface area contributed by atoms with Gasteiger partial charge < -0.3 is 28.4 Å². The normalized spacial score (nSPS) is 17.7. The quantitative estimate of drug-likeness (QED) is 0.0273. The van der Waals surface area contributed by atoms with Crippen LogP contribution in [0.3, 0.4) is 0 Å². The van der Waals surface area contributed by atoms with E-state index in [-0.39, 0.29) is 11.5 Å². The monoisotopic (exact) mass is 1850 g/mol. The first-order valence-electron chi connectivity index (χ1n) is 56.1. The molecule has 33 aromatic rings. The van der Waals surface area contributed by atoms with Crippen LogP contribution in [0.1, 0.15) is 284 Å². The van der Waals surface area contributed by atoms with Crippen LogP contribution in [0.15, 0.2) is 85.1 Å². The van der Waals surface area contributed by atoms with Gasteiger partial charge in [-0.25, -0.2) is 4.68 Å². The molecule has 10 nitrogen and oxygen atoms in total. The molecule has 5 aliphatic rings. The summed E-state index contributed by atoms with van der Waals surface area (Å²) in [5.41, 5.74) is 12.3. The minimum absolute atomic E-state index is 0.00219. The van der Waals surface area contributed by atoms with Crippen molar-refractivity contribution < 1.29 is 28.4 Å². The average Bonchev–Trinajstić information content (AvgIpc) is 1.38. The fourth-order valence-corrected chi connectivity index (χ4v) is 35.8. The van der Waals surface area contributed by atoms with Crippen molar-refractivity contribution in [2.45, 2.75) is 270 Å². The summed E-state index contributed by atoms with van der Waals surface area (Å²) in [5.74, 6) is 4.74. The first-order valence-corrected chi connectivity index (χ1v) is 56.1. The summed E-state index contributed by atoms with van der Waals surface area (Å²) in [7, 11) is 2.58. The largest absolute Gasteiger partial charge is 0.493 e. The Hall–Kier alpha value is -12.8. The smallest absolute Gasteiger partial charge is 0.123 e. The number of unbranched alkanes of at least 4 members (excludes halogenated alkanes) is 28. The first kappa shape index (κ1) is 77.8. The van der Waals surface area contributed by atoms with E-state index >= 15 is 0 Å². The SMILES string of the molecule is CCCCCCCCCCOc1cc(COc2cc(Cn3cc(-c4ccc(C5N(C)CC67c8c9c%10c%11c%12c%13c(c%14c%15c6c6c8c8c%16c9c9c%10c%10c%12c%12c%17c%13c%13c%14c%14c%15c%15c6c6c8c8c%16c%16c9c9c%10c%12c%10c%12c%17c%13c%13c%14c%14c%15c6c6c8c8c%16c9c%10c9c%12c%13c%14c6c89)C%1157)cc4)nn3)cc(OCc3cc(OCCCCCCCCCC)cc(OCCCCCCCCCC)c3)c2)cc(OCCCCCCCCCC)c1. The molecule has 142 heavy (non-hydrogen) atoms. The highest BCUT2D eigenvalue weighted by atomic mass is 16.5. The fraction of sp³-hybridized carbons (Fsp3) is 0.364. The molecule has 1 saturated heterocycles. The molecule has 0 saturated carbocycles. The highest BCUT2D eigenvalue weighted by molar-refractivity contribution is 6.82. The van der Waals surface area contributed by atoms with Crippen LogP contribution in [-0.4, -0.2) is 59.9 Å². The number of ether oxygens (including phenoxy) is 6. The Balaban J connectivity index is 0.471. The van der Waals surface area contributed by atoms with Crippen molar-refractivity contribution in [1.82, 2.24) is 19.9 Å². The standard InChI is InChI=1S/C132H110N4O6/c1-6-10-14-18-22-26-30-34-42-137-65-48-61(49-66(52-65)138-43-35-31-27-23-19-15-11-7-2)57-141-69-46-60(47-70(54-69)142-58-62-50-67(139-44-36-32-28-24-20-16-12-8-3)53-68(51-62)140-45-37-33-29-25-21-17-13-9-4)55-136-56-71(133-134-136)63-38-40-64(41-39-63)130-132-128-122-116-106-94-86-78-74-72-73-76-80(78)88(94)98-92-84(76)85-77(73)81-79-75(72)83-82(74)90-96(86)104-110-100(90)101-91(83)97-87(79)95-89(81)99-93(85)103-102(92)114(108(98)116)124(128)125-115(103)109(99)117-107(95)113-105(97)111(101)119-118(110)126(120(122)112(104)106)131(132,59-135(130)5)127(119)121(113)123(117)129(125)132/h38-41,46-54,56,130H,6-37,42-45,55,57-59H2,1-5H3. The van der Waals surface area contributed by atoms with E-state index < -0.39 is 5.41 Å². The van der Waals surface area contributed by atoms with Crippen LogP contribution in [0.5, 0.6) is 34.5 Å². The molecule has 2 heterocycles. The van der Waals surface area contributed by atoms with Gasteiger partial charge in [0.05, 0.1) is 50.0 Å². The number of aromatic nitrogens is 3. The molecule has 2 spiro atoms. The molecule has 694 valence electrons. The second-order valence-electron chi connectivity index (χ2n) is 47.0. The fourth-order valence-electron chi connectivity index (χ4n) is 35.8. The lowest BCUT2D eigenvalue weighted by atomic mass is 9.47. The van der Waals surface area contributed by atoms with Crippen LogP contribution >= 0.6 is 0 Å². The Labute approximate surface area is 818 Å². The maximum absolute atomic E-state index is 7.07. The van der Waals surface area contributed by atoms with Gasteiger partial charge in [-0.05, 0) is 404 Å². The number of benzene rings is 22. The van der Waals surface area contributed by atoms with Crippen molar-refractivity contribution in [3.8, 4) is 45.8 Å². The van der Waals surface area contributed by atoms with Gasteiger partial charge in [-0.2, -0.15) is 0 Å². The number of hydrogen-bond donors (Lipinski definition) is 0. The van der Waals surface area contributed by atoms with Crippen molar-refractivity contribution in [1.29, 1.82) is 0 Å². The van der Waals surface area contributed by atoms with E-state index in [2.05, 4.69) is 125 Å². The highest BCUT2D eigenvalue weighted by Gasteiger charge is 2.76. The third-order valence-corrected chi connectivity index (χ3v) is 40.0. The van der Waals surface area contributed by atoms with E-state index in [4.69, 9.17) is 38.7 Å². The lowest BCUT2D eigenvalue weighted by Gasteiger charge is -2.52. The number of likely N-dealkylation sites (tertiary alicyclic amines) is 1. The Bertz CT molecular complexity index is 9920. The van der Waals surface area contributed by atoms with Gasteiger partial charge in [0.2, 0.25) is 0 Å². The summed E-state index contributed by atoms with van der Waals surface area (Å²) in [6, 6.07) is 29.2. The maximum atomic E-state index is 7.07. The van der Waals surface area contributed by atoms with Gasteiger partial charge in [0, 0.05) is 36.3 Å². The molecule has 1 fully saturated rings. The van der Waals surface area contributed by atoms with Crippen molar-refractivity contribution in [2.75, 3.05) is 40.0 Å². The van der Waals surface area contributed by atoms with Gasteiger partial charge in [0.15, 0.2) is 0 Å². The molecule has 1 unspecified atom stereocenters. The number of rotatable bonds is 50. The van der Waals surface area contributed by atoms with E-state index in [0.717, 1.165) is 83.2 Å². The van der Waals surface area contributed by atoms with E-state index in [0.29, 0.717) is 57.7 Å². The molecule has 32 aromatic carbocycles. The molecule has 0 amide bonds. The summed E-state index contributed by atoms with van der Waals surface area (Å²) < 4.78 is 42.7. The van der Waals surface area contributed by atoms with Gasteiger partial charge in [-0.3, -0.25) is 4.90 Å². The maximum Gasteiger partial charge on any atom is 0.123 e. The molecular weight excluding hydrogens is 1740 g/mol. The van der Waals surface area contributed by atoms with Gasteiger partial charge in [-0.15, -0.1) is 5.10 Å². The zero-order valence-electron chi connectivity index (χ0n) is 82.2. The highest BCUT2D eigenvalue weighted by Crippen LogP contribution is 2.87. The number of nitrogens with zero attached hydrogens (tertiary/aromatic N) is 4. The predicted octanol–water partition coefficient (Wildman–Crippen LogP) is 36.5. The Morgan fingerprint density at radius 3 is 0.739 bits per heavy atom. The summed E-state index contributed by atoms with van der Waals surface area (Å²) in [5, 5.41) is 98.8. The number of hydrogen-bond acceptors (Lipinski definition) is 9. The lowest BCUT2D eigenvalue weighted by Crippen LogP contribution is -2.51. The molecule has 4 aliphatic carbocycles. The zero-order valence-corrected chi connectivity index (χ0v) is 82.2. The van der Waals surface area contributed by atoms with Gasteiger partial charge >= 0.3 is 0 Å². The third-order valence-electron chi connectivity index (χ3n) is 40.0. The van der Waals surface area contributed by atoms with Crippen molar-refractivity contribution >= 4 is 291 Å². The van der Waals surface area contributed by atoms with Crippen LogP contribution in [0, 0.1) is 0 Å². The van der Waals surface area contributed by atoms with Crippen LogP contribution in [0.25, 0.3) is 302 Å². The lowest BCUT2D eigenvalue weighted by molar-refractivity contribution is 0.271. The number of likely N-dealkylation sites (N-methyl/N-ethyl adjacent to an activating group) is 1. The van der Waals surface area contributed by atoms with Crippen LogP contribution in [0.4, 0.5) is 0 Å². The Morgan fingerprint density at radius 1 is 0.254 bits per heavy atom. The summed E-state index contributed by atoms with van der Waals surface area (Å²) in [6.07, 6.45) is 42.2. The third kappa shape index (κ3) is 8.23. The molecule has 0 radical (unpaired) electrons. The average molecular weight is 1850 g/mol. The van der Waals surface area contributed by atoms with Gasteiger partial charge in [0.25, 0.3) is 0 Å². The van der Waals surface area contributed by atoms with Crippen LogP contribution in [-0.2, 0) is 30.6 Å². The first-order chi connectivity index (χ1) is 70.4. The second-order valence-corrected chi connectivity index (χ2v) is 47.0. The Morgan fingerprint density at radius 2 is 0.479 bits per heavy atom. The molecular formula is C132H110N4O6. The van der Waals surface area contributed by atoms with Crippen LogP contribution < -0.4 is 28.4 Å². The van der Waals surface area contributed by atoms with E-state index in [1.807, 2.05) is 4.68 Å². The van der Waals surface area contributed by atoms with Gasteiger partial charge in [0.1, 0.15) is 53.4 Å². The minimum Gasteiger partial charge on any atom is -0.493 e. The molecule has 0 N–H and O–H groups in total. The zero-order chi connectivity index (χ0) is 92.0. The molecule has 1 aliphatic heterocycles. The van der Waals surface area contributed by atoms with E-state index in [1.165, 1.54) is 185 Å². The molecule has 10 heteroatoms. The van der Waals surface area contributed by atoms with Crippen molar-refractivity contribution in [2.24, 2.45) is 0 Å². The van der Waals surface area contributed by atoms with Crippen LogP contribution in [0.2, 0.25) is 0 Å². The molecule has 1 atom stereocenters. The molecule has 38 rings (SSSR count). The molecule has 0 bridgehead atoms. The summed E-state index contributed by atoms with van der Waals surface area (Å²) in [4.78, 5) is 2.96. The summed E-state index contributed by atoms with van der Waals surface area (Å²) >= 11 is 0. The Kier molecular flexibility index (Phi) is 14.5.